The minimum absolute atomic E-state index is 0.121. The van der Waals surface area contributed by atoms with E-state index >= 15 is 0 Å². The van der Waals surface area contributed by atoms with Gasteiger partial charge in [0.2, 0.25) is 0 Å². The van der Waals surface area contributed by atoms with Crippen LogP contribution in [0.25, 0.3) is 10.9 Å². The summed E-state index contributed by atoms with van der Waals surface area (Å²) in [5.74, 6) is 0.333. The van der Waals surface area contributed by atoms with E-state index in [-0.39, 0.29) is 4.90 Å². The van der Waals surface area contributed by atoms with E-state index in [1.54, 1.807) is 25.3 Å². The van der Waals surface area contributed by atoms with Gasteiger partial charge in [0.25, 0.3) is 10.1 Å². The van der Waals surface area contributed by atoms with Gasteiger partial charge >= 0.3 is 0 Å². The second kappa shape index (κ2) is 6.06. The molecule has 0 aliphatic rings. The molecule has 0 N–H and O–H groups in total. The molecule has 0 spiro atoms. The summed E-state index contributed by atoms with van der Waals surface area (Å²) in [7, 11) is -3.86. The Morgan fingerprint density at radius 2 is 1.74 bits per heavy atom. The van der Waals surface area contributed by atoms with Gasteiger partial charge in [0, 0.05) is 11.6 Å². The average molecular weight is 328 g/mol. The summed E-state index contributed by atoms with van der Waals surface area (Å²) in [6.45, 7) is 3.51. The fraction of sp³-hybridized carbons (Fsp3) is 0.176. The fourth-order valence-electron chi connectivity index (χ4n) is 2.18. The summed E-state index contributed by atoms with van der Waals surface area (Å²) in [5.41, 5.74) is 1.73. The Morgan fingerprint density at radius 1 is 1.04 bits per heavy atom. The fourth-order valence-corrected chi connectivity index (χ4v) is 3.22. The van der Waals surface area contributed by atoms with E-state index < -0.39 is 16.2 Å². The molecule has 0 fully saturated rings. The van der Waals surface area contributed by atoms with E-state index in [0.29, 0.717) is 5.82 Å². The van der Waals surface area contributed by atoms with Crippen molar-refractivity contribution in [1.82, 2.24) is 9.97 Å². The van der Waals surface area contributed by atoms with E-state index in [9.17, 15) is 8.42 Å². The van der Waals surface area contributed by atoms with E-state index in [0.717, 1.165) is 16.5 Å². The van der Waals surface area contributed by atoms with Crippen LogP contribution in [0, 0.1) is 6.92 Å². The standard InChI is InChI=1S/C17H16N2O3S/c1-12-7-9-15(10-8-12)23(20,21)22-13(2)17-18-11-14-5-3-4-6-16(14)19-17/h3-11,13H,1-2H3. The maximum absolute atomic E-state index is 12.3. The van der Waals surface area contributed by atoms with Crippen molar-refractivity contribution in [3.05, 3.63) is 66.1 Å². The van der Waals surface area contributed by atoms with Crippen molar-refractivity contribution >= 4 is 21.0 Å². The van der Waals surface area contributed by atoms with Crippen LogP contribution in [0.15, 0.2) is 59.6 Å². The molecule has 1 aromatic heterocycles. The summed E-state index contributed by atoms with van der Waals surface area (Å²) in [5, 5.41) is 0.893. The van der Waals surface area contributed by atoms with Crippen molar-refractivity contribution in [2.45, 2.75) is 24.8 Å². The number of benzene rings is 2. The number of aryl methyl sites for hydroxylation is 1. The SMILES string of the molecule is Cc1ccc(S(=O)(=O)OC(C)c2ncc3ccccc3n2)cc1. The Hall–Kier alpha value is -2.31. The predicted octanol–water partition coefficient (Wildman–Crippen LogP) is 3.40. The van der Waals surface area contributed by atoms with Crippen LogP contribution in [0.2, 0.25) is 0 Å². The number of hydrogen-bond donors (Lipinski definition) is 0. The quantitative estimate of drug-likeness (QED) is 0.687. The Balaban J connectivity index is 1.87. The highest BCUT2D eigenvalue weighted by molar-refractivity contribution is 7.86. The molecule has 3 rings (SSSR count). The van der Waals surface area contributed by atoms with Crippen LogP contribution in [-0.2, 0) is 14.3 Å². The lowest BCUT2D eigenvalue weighted by atomic mass is 10.2. The molecule has 1 atom stereocenters. The molecule has 0 saturated heterocycles. The van der Waals surface area contributed by atoms with Gasteiger partial charge in [0.05, 0.1) is 10.4 Å². The lowest BCUT2D eigenvalue weighted by Crippen LogP contribution is -2.12. The summed E-state index contributed by atoms with van der Waals surface area (Å²) in [6.07, 6.45) is 0.890. The number of nitrogens with zero attached hydrogens (tertiary/aromatic N) is 2. The second-order valence-corrected chi connectivity index (χ2v) is 6.86. The summed E-state index contributed by atoms with van der Waals surface area (Å²) in [6, 6.07) is 14.0. The molecule has 118 valence electrons. The lowest BCUT2D eigenvalue weighted by Gasteiger charge is -2.12. The van der Waals surface area contributed by atoms with E-state index in [1.165, 1.54) is 12.1 Å². The van der Waals surface area contributed by atoms with Gasteiger partial charge in [-0.25, -0.2) is 9.97 Å². The second-order valence-electron chi connectivity index (χ2n) is 5.29. The van der Waals surface area contributed by atoms with Crippen molar-refractivity contribution in [1.29, 1.82) is 0 Å². The van der Waals surface area contributed by atoms with Crippen LogP contribution >= 0.6 is 0 Å². The average Bonchev–Trinajstić information content (AvgIpc) is 2.54. The first-order valence-electron chi connectivity index (χ1n) is 7.17. The van der Waals surface area contributed by atoms with E-state index in [4.69, 9.17) is 4.18 Å². The largest absolute Gasteiger partial charge is 0.297 e. The third kappa shape index (κ3) is 3.38. The first-order valence-corrected chi connectivity index (χ1v) is 8.58. The Bertz CT molecular complexity index is 937. The summed E-state index contributed by atoms with van der Waals surface area (Å²) < 4.78 is 29.9. The topological polar surface area (TPSA) is 69.2 Å². The summed E-state index contributed by atoms with van der Waals surface area (Å²) in [4.78, 5) is 8.69. The molecule has 0 aliphatic heterocycles. The smallest absolute Gasteiger partial charge is 0.255 e. The zero-order valence-electron chi connectivity index (χ0n) is 12.8. The van der Waals surface area contributed by atoms with Crippen LogP contribution < -0.4 is 0 Å². The minimum Gasteiger partial charge on any atom is -0.255 e. The highest BCUT2D eigenvalue weighted by Crippen LogP contribution is 2.22. The molecule has 0 bridgehead atoms. The van der Waals surface area contributed by atoms with Crippen LogP contribution in [0.1, 0.15) is 24.4 Å². The molecule has 23 heavy (non-hydrogen) atoms. The van der Waals surface area contributed by atoms with Crippen LogP contribution in [0.4, 0.5) is 0 Å². The molecule has 5 nitrogen and oxygen atoms in total. The van der Waals surface area contributed by atoms with Gasteiger partial charge in [-0.15, -0.1) is 0 Å². The maximum atomic E-state index is 12.3. The predicted molar refractivity (Wildman–Crippen MR) is 87.4 cm³/mol. The van der Waals surface area contributed by atoms with Gasteiger partial charge in [-0.1, -0.05) is 35.9 Å². The number of rotatable bonds is 4. The van der Waals surface area contributed by atoms with Crippen molar-refractivity contribution < 1.29 is 12.6 Å². The molecule has 1 heterocycles. The molecular weight excluding hydrogens is 312 g/mol. The zero-order chi connectivity index (χ0) is 16.4. The third-order valence-electron chi connectivity index (χ3n) is 3.45. The monoisotopic (exact) mass is 328 g/mol. The molecule has 0 amide bonds. The molecular formula is C17H16N2O3S. The molecule has 2 aromatic carbocycles. The van der Waals surface area contributed by atoms with Crippen LogP contribution in [-0.4, -0.2) is 18.4 Å². The highest BCUT2D eigenvalue weighted by Gasteiger charge is 2.21. The Morgan fingerprint density at radius 3 is 2.48 bits per heavy atom. The Kier molecular flexibility index (Phi) is 4.11. The first kappa shape index (κ1) is 15.6. The van der Waals surface area contributed by atoms with Gasteiger partial charge in [0.1, 0.15) is 6.10 Å². The Labute approximate surface area is 135 Å². The number of fused-ring (bicyclic) bond motifs is 1. The van der Waals surface area contributed by atoms with Crippen molar-refractivity contribution in [2.75, 3.05) is 0 Å². The molecule has 6 heteroatoms. The van der Waals surface area contributed by atoms with Gasteiger partial charge in [-0.3, -0.25) is 4.18 Å². The van der Waals surface area contributed by atoms with Gasteiger partial charge < -0.3 is 0 Å². The van der Waals surface area contributed by atoms with Crippen LogP contribution in [0.3, 0.4) is 0 Å². The van der Waals surface area contributed by atoms with Gasteiger partial charge in [-0.2, -0.15) is 8.42 Å². The molecule has 0 saturated carbocycles. The molecule has 3 aromatic rings. The van der Waals surface area contributed by atoms with Crippen molar-refractivity contribution in [3.8, 4) is 0 Å². The number of para-hydroxylation sites is 1. The van der Waals surface area contributed by atoms with Crippen molar-refractivity contribution in [3.63, 3.8) is 0 Å². The molecule has 1 unspecified atom stereocenters. The number of hydrogen-bond acceptors (Lipinski definition) is 5. The molecule has 0 radical (unpaired) electrons. The molecule has 0 aliphatic carbocycles. The summed E-state index contributed by atoms with van der Waals surface area (Å²) >= 11 is 0. The lowest BCUT2D eigenvalue weighted by molar-refractivity contribution is 0.224. The van der Waals surface area contributed by atoms with Crippen LogP contribution in [0.5, 0.6) is 0 Å². The minimum atomic E-state index is -3.86. The number of aromatic nitrogens is 2. The zero-order valence-corrected chi connectivity index (χ0v) is 13.6. The first-order chi connectivity index (χ1) is 11.0. The van der Waals surface area contributed by atoms with Gasteiger partial charge in [0.15, 0.2) is 5.82 Å². The van der Waals surface area contributed by atoms with Gasteiger partial charge in [-0.05, 0) is 32.0 Å². The highest BCUT2D eigenvalue weighted by atomic mass is 32.2. The van der Waals surface area contributed by atoms with Crippen molar-refractivity contribution in [2.24, 2.45) is 0 Å². The third-order valence-corrected chi connectivity index (χ3v) is 4.84. The van der Waals surface area contributed by atoms with E-state index in [1.807, 2.05) is 31.2 Å². The van der Waals surface area contributed by atoms with E-state index in [2.05, 4.69) is 9.97 Å². The maximum Gasteiger partial charge on any atom is 0.297 e. The normalized spacial score (nSPS) is 13.1.